The SMILES string of the molecule is Cc1cccc(N)c1NC(=O)CS(=O)c1cccc(Cl)c1. The lowest BCUT2D eigenvalue weighted by atomic mass is 10.1. The molecule has 0 spiro atoms. The van der Waals surface area contributed by atoms with Crippen LogP contribution in [0.2, 0.25) is 5.02 Å². The molecule has 2 aromatic rings. The van der Waals surface area contributed by atoms with Gasteiger partial charge in [-0.05, 0) is 36.8 Å². The molecule has 0 bridgehead atoms. The number of rotatable bonds is 4. The van der Waals surface area contributed by atoms with Crippen molar-refractivity contribution in [1.82, 2.24) is 0 Å². The highest BCUT2D eigenvalue weighted by Crippen LogP contribution is 2.22. The Morgan fingerprint density at radius 1 is 1.29 bits per heavy atom. The lowest BCUT2D eigenvalue weighted by Crippen LogP contribution is -2.20. The molecular weight excluding hydrogens is 308 g/mol. The molecule has 0 fully saturated rings. The van der Waals surface area contributed by atoms with E-state index in [1.807, 2.05) is 19.1 Å². The third-order valence-corrected chi connectivity index (χ3v) is 4.43. The van der Waals surface area contributed by atoms with Gasteiger partial charge in [0, 0.05) is 9.92 Å². The van der Waals surface area contributed by atoms with Crippen LogP contribution in [0.4, 0.5) is 11.4 Å². The minimum atomic E-state index is -1.45. The number of amides is 1. The second-order valence-corrected chi connectivity index (χ2v) is 6.42. The van der Waals surface area contributed by atoms with E-state index in [1.54, 1.807) is 30.3 Å². The highest BCUT2D eigenvalue weighted by Gasteiger charge is 2.13. The number of aryl methyl sites for hydroxylation is 1. The molecule has 0 saturated carbocycles. The summed E-state index contributed by atoms with van der Waals surface area (Å²) in [6.07, 6.45) is 0. The van der Waals surface area contributed by atoms with E-state index in [0.717, 1.165) is 5.56 Å². The quantitative estimate of drug-likeness (QED) is 0.850. The van der Waals surface area contributed by atoms with Gasteiger partial charge in [-0.1, -0.05) is 29.8 Å². The summed E-state index contributed by atoms with van der Waals surface area (Å²) >= 11 is 5.85. The molecule has 0 heterocycles. The maximum Gasteiger partial charge on any atom is 0.237 e. The van der Waals surface area contributed by atoms with Gasteiger partial charge in [-0.2, -0.15) is 0 Å². The average molecular weight is 323 g/mol. The molecule has 4 nitrogen and oxygen atoms in total. The van der Waals surface area contributed by atoms with Gasteiger partial charge in [0.05, 0.1) is 22.2 Å². The summed E-state index contributed by atoms with van der Waals surface area (Å²) < 4.78 is 12.1. The first-order valence-corrected chi connectivity index (χ1v) is 7.96. The van der Waals surface area contributed by atoms with Crippen LogP contribution in [0.5, 0.6) is 0 Å². The summed E-state index contributed by atoms with van der Waals surface area (Å²) in [4.78, 5) is 12.5. The van der Waals surface area contributed by atoms with Crippen molar-refractivity contribution in [3.8, 4) is 0 Å². The van der Waals surface area contributed by atoms with Gasteiger partial charge in [-0.3, -0.25) is 9.00 Å². The van der Waals surface area contributed by atoms with Crippen molar-refractivity contribution in [3.05, 3.63) is 53.1 Å². The molecule has 0 aromatic heterocycles. The summed E-state index contributed by atoms with van der Waals surface area (Å²) in [7, 11) is -1.45. The van der Waals surface area contributed by atoms with Gasteiger partial charge in [-0.15, -0.1) is 0 Å². The molecule has 1 unspecified atom stereocenters. The van der Waals surface area contributed by atoms with Crippen molar-refractivity contribution in [3.63, 3.8) is 0 Å². The van der Waals surface area contributed by atoms with E-state index in [2.05, 4.69) is 5.32 Å². The molecule has 0 aliphatic heterocycles. The molecule has 3 N–H and O–H groups in total. The van der Waals surface area contributed by atoms with E-state index in [4.69, 9.17) is 17.3 Å². The zero-order valence-corrected chi connectivity index (χ0v) is 13.0. The highest BCUT2D eigenvalue weighted by atomic mass is 35.5. The number of hydrogen-bond acceptors (Lipinski definition) is 3. The minimum Gasteiger partial charge on any atom is -0.397 e. The maximum absolute atomic E-state index is 12.1. The molecule has 2 rings (SSSR count). The van der Waals surface area contributed by atoms with Gasteiger partial charge in [0.1, 0.15) is 5.75 Å². The topological polar surface area (TPSA) is 72.2 Å². The smallest absolute Gasteiger partial charge is 0.237 e. The summed E-state index contributed by atoms with van der Waals surface area (Å²) in [6, 6.07) is 12.0. The Labute approximate surface area is 130 Å². The first-order valence-electron chi connectivity index (χ1n) is 6.26. The zero-order valence-electron chi connectivity index (χ0n) is 11.4. The number of anilines is 2. The maximum atomic E-state index is 12.1. The van der Waals surface area contributed by atoms with Crippen LogP contribution in [0.25, 0.3) is 0 Å². The number of carbonyl (C=O) groups excluding carboxylic acids is 1. The third-order valence-electron chi connectivity index (χ3n) is 2.89. The Balaban J connectivity index is 2.07. The predicted molar refractivity (Wildman–Crippen MR) is 86.9 cm³/mol. The van der Waals surface area contributed by atoms with Gasteiger partial charge >= 0.3 is 0 Å². The number of nitrogen functional groups attached to an aromatic ring is 1. The Morgan fingerprint density at radius 3 is 2.67 bits per heavy atom. The van der Waals surface area contributed by atoms with Crippen molar-refractivity contribution in [2.75, 3.05) is 16.8 Å². The fourth-order valence-electron chi connectivity index (χ4n) is 1.85. The van der Waals surface area contributed by atoms with Crippen molar-refractivity contribution in [2.45, 2.75) is 11.8 Å². The fourth-order valence-corrected chi connectivity index (χ4v) is 3.07. The largest absolute Gasteiger partial charge is 0.397 e. The molecule has 1 amide bonds. The third kappa shape index (κ3) is 4.06. The number of carbonyl (C=O) groups is 1. The average Bonchev–Trinajstić information content (AvgIpc) is 2.43. The molecule has 0 aliphatic carbocycles. The van der Waals surface area contributed by atoms with Crippen molar-refractivity contribution >= 4 is 39.7 Å². The molecule has 6 heteroatoms. The predicted octanol–water partition coefficient (Wildman–Crippen LogP) is 2.98. The second-order valence-electron chi connectivity index (χ2n) is 4.53. The molecular formula is C15H15ClN2O2S. The molecule has 0 aliphatic rings. The van der Waals surface area contributed by atoms with Crippen LogP contribution in [0.15, 0.2) is 47.4 Å². The lowest BCUT2D eigenvalue weighted by Gasteiger charge is -2.11. The Bertz CT molecular complexity index is 684. The van der Waals surface area contributed by atoms with E-state index >= 15 is 0 Å². The zero-order chi connectivity index (χ0) is 15.4. The minimum absolute atomic E-state index is 0.145. The molecule has 1 atom stereocenters. The Kier molecular flexibility index (Phi) is 4.98. The van der Waals surface area contributed by atoms with Crippen LogP contribution >= 0.6 is 11.6 Å². The van der Waals surface area contributed by atoms with Crippen LogP contribution in [-0.2, 0) is 15.6 Å². The number of nitrogens with one attached hydrogen (secondary N) is 1. The van der Waals surface area contributed by atoms with Gasteiger partial charge in [-0.25, -0.2) is 0 Å². The van der Waals surface area contributed by atoms with Gasteiger partial charge < -0.3 is 11.1 Å². The fraction of sp³-hybridized carbons (Fsp3) is 0.133. The lowest BCUT2D eigenvalue weighted by molar-refractivity contribution is -0.113. The monoisotopic (exact) mass is 322 g/mol. The van der Waals surface area contributed by atoms with Gasteiger partial charge in [0.25, 0.3) is 0 Å². The summed E-state index contributed by atoms with van der Waals surface area (Å²) in [5.74, 6) is -0.497. The molecule has 21 heavy (non-hydrogen) atoms. The first kappa shape index (κ1) is 15.5. The van der Waals surface area contributed by atoms with Crippen LogP contribution in [0, 0.1) is 6.92 Å². The van der Waals surface area contributed by atoms with Crippen molar-refractivity contribution < 1.29 is 9.00 Å². The molecule has 0 saturated heterocycles. The van der Waals surface area contributed by atoms with E-state index in [-0.39, 0.29) is 11.7 Å². The van der Waals surface area contributed by atoms with E-state index < -0.39 is 10.8 Å². The Morgan fingerprint density at radius 2 is 2.00 bits per heavy atom. The number of benzene rings is 2. The Hall–Kier alpha value is -1.85. The van der Waals surface area contributed by atoms with E-state index in [1.165, 1.54) is 0 Å². The summed E-state index contributed by atoms with van der Waals surface area (Å²) in [5.41, 5.74) is 7.73. The van der Waals surface area contributed by atoms with E-state index in [0.29, 0.717) is 21.3 Å². The first-order chi connectivity index (χ1) is 9.97. The second kappa shape index (κ2) is 6.74. The van der Waals surface area contributed by atoms with Gasteiger partial charge in [0.15, 0.2) is 0 Å². The molecule has 2 aromatic carbocycles. The van der Waals surface area contributed by atoms with Crippen LogP contribution in [0.3, 0.4) is 0 Å². The van der Waals surface area contributed by atoms with Crippen LogP contribution < -0.4 is 11.1 Å². The summed E-state index contributed by atoms with van der Waals surface area (Å²) in [6.45, 7) is 1.85. The van der Waals surface area contributed by atoms with Crippen LogP contribution in [0.1, 0.15) is 5.56 Å². The standard InChI is InChI=1S/C15H15ClN2O2S/c1-10-4-2-7-13(17)15(10)18-14(19)9-21(20)12-6-3-5-11(16)8-12/h2-8H,9,17H2,1H3,(H,18,19). The van der Waals surface area contributed by atoms with Crippen molar-refractivity contribution in [2.24, 2.45) is 0 Å². The molecule has 0 radical (unpaired) electrons. The van der Waals surface area contributed by atoms with Gasteiger partial charge in [0.2, 0.25) is 5.91 Å². The number of hydrogen-bond donors (Lipinski definition) is 2. The number of para-hydroxylation sites is 1. The van der Waals surface area contributed by atoms with Crippen LogP contribution in [-0.4, -0.2) is 15.9 Å². The highest BCUT2D eigenvalue weighted by molar-refractivity contribution is 7.85. The number of nitrogens with two attached hydrogens (primary N) is 1. The van der Waals surface area contributed by atoms with E-state index in [9.17, 15) is 9.00 Å². The summed E-state index contributed by atoms with van der Waals surface area (Å²) in [5, 5.41) is 3.19. The van der Waals surface area contributed by atoms with Crippen molar-refractivity contribution in [1.29, 1.82) is 0 Å². The normalized spacial score (nSPS) is 11.9. The number of halogens is 1. The molecule has 110 valence electrons.